The van der Waals surface area contributed by atoms with E-state index in [1.807, 2.05) is 47.7 Å². The molecule has 0 aliphatic carbocycles. The summed E-state index contributed by atoms with van der Waals surface area (Å²) in [7, 11) is 0. The van der Waals surface area contributed by atoms with Gasteiger partial charge in [-0.15, -0.1) is 11.3 Å². The number of benzene rings is 8. The largest absolute Gasteiger partial charge is 0.247 e. The molecule has 0 spiro atoms. The fraction of sp³-hybridized carbons (Fsp3) is 0. The Balaban J connectivity index is 0.992. The van der Waals surface area contributed by atoms with Crippen molar-refractivity contribution in [3.05, 3.63) is 200 Å². The van der Waals surface area contributed by atoms with Gasteiger partial charge < -0.3 is 0 Å². The Labute approximate surface area is 334 Å². The van der Waals surface area contributed by atoms with Gasteiger partial charge >= 0.3 is 0 Å². The van der Waals surface area contributed by atoms with E-state index < -0.39 is 0 Å². The maximum atomic E-state index is 5.20. The number of nitrogens with zero attached hydrogens (tertiary/aromatic N) is 3. The third-order valence-corrected chi connectivity index (χ3v) is 12.0. The van der Waals surface area contributed by atoms with Crippen molar-refractivity contribution in [2.75, 3.05) is 0 Å². The minimum atomic E-state index is 0.716. The molecule has 0 atom stereocenters. The van der Waals surface area contributed by atoms with Crippen molar-refractivity contribution in [1.29, 1.82) is 0 Å². The van der Waals surface area contributed by atoms with Gasteiger partial charge in [0.05, 0.1) is 22.6 Å². The molecule has 0 unspecified atom stereocenters. The van der Waals surface area contributed by atoms with Crippen molar-refractivity contribution in [1.82, 2.24) is 15.0 Å². The number of rotatable bonds is 6. The highest BCUT2D eigenvalue weighted by Crippen LogP contribution is 2.44. The minimum Gasteiger partial charge on any atom is -0.247 e. The third-order valence-electron chi connectivity index (χ3n) is 10.9. The van der Waals surface area contributed by atoms with Gasteiger partial charge in [-0.1, -0.05) is 164 Å². The van der Waals surface area contributed by atoms with Crippen LogP contribution in [0, 0.1) is 0 Å². The lowest BCUT2D eigenvalue weighted by atomic mass is 9.94. The molecule has 0 amide bonds. The van der Waals surface area contributed by atoms with Crippen molar-refractivity contribution in [2.24, 2.45) is 0 Å². The van der Waals surface area contributed by atoms with Crippen LogP contribution in [-0.2, 0) is 0 Å². The van der Waals surface area contributed by atoms with Crippen molar-refractivity contribution in [3.63, 3.8) is 0 Å². The van der Waals surface area contributed by atoms with E-state index in [0.29, 0.717) is 5.82 Å². The summed E-state index contributed by atoms with van der Waals surface area (Å²) in [4.78, 5) is 15.2. The van der Waals surface area contributed by atoms with Crippen LogP contribution in [0.1, 0.15) is 0 Å². The molecule has 11 rings (SSSR count). The lowest BCUT2D eigenvalue weighted by Crippen LogP contribution is -1.95. The second-order valence-corrected chi connectivity index (χ2v) is 15.5. The molecule has 0 saturated carbocycles. The predicted molar refractivity (Wildman–Crippen MR) is 240 cm³/mol. The number of hydrogen-bond donors (Lipinski definition) is 0. The van der Waals surface area contributed by atoms with Crippen LogP contribution in [-0.4, -0.2) is 15.0 Å². The van der Waals surface area contributed by atoms with E-state index in [4.69, 9.17) is 15.0 Å². The van der Waals surface area contributed by atoms with Crippen LogP contribution in [0.3, 0.4) is 0 Å². The Kier molecular flexibility index (Phi) is 8.01. The van der Waals surface area contributed by atoms with Gasteiger partial charge in [-0.2, -0.15) is 0 Å². The maximum Gasteiger partial charge on any atom is 0.160 e. The quantitative estimate of drug-likeness (QED) is 0.159. The average Bonchev–Trinajstić information content (AvgIpc) is 3.68. The van der Waals surface area contributed by atoms with E-state index in [2.05, 4.69) is 164 Å². The zero-order valence-electron chi connectivity index (χ0n) is 30.8. The highest BCUT2D eigenvalue weighted by molar-refractivity contribution is 7.26. The van der Waals surface area contributed by atoms with E-state index in [1.54, 1.807) is 0 Å². The third kappa shape index (κ3) is 5.95. The molecule has 0 aliphatic heterocycles. The number of fused-ring (bicyclic) bond motifs is 7. The smallest absolute Gasteiger partial charge is 0.160 e. The van der Waals surface area contributed by atoms with E-state index in [9.17, 15) is 0 Å². The Morgan fingerprint density at radius 2 is 0.842 bits per heavy atom. The molecule has 0 saturated heterocycles. The topological polar surface area (TPSA) is 38.7 Å². The molecule has 266 valence electrons. The van der Waals surface area contributed by atoms with Crippen LogP contribution in [0.25, 0.3) is 109 Å². The molecule has 0 aliphatic rings. The molecule has 0 bridgehead atoms. The van der Waals surface area contributed by atoms with Gasteiger partial charge in [-0.25, -0.2) is 15.0 Å². The molecule has 57 heavy (non-hydrogen) atoms. The molecular weight excluding hydrogens is 711 g/mol. The van der Waals surface area contributed by atoms with Crippen LogP contribution in [0.2, 0.25) is 0 Å². The summed E-state index contributed by atoms with van der Waals surface area (Å²) in [6.07, 6.45) is 0. The highest BCUT2D eigenvalue weighted by atomic mass is 32.1. The predicted octanol–water partition coefficient (Wildman–Crippen LogP) is 14.5. The molecule has 4 heteroatoms. The standard InChI is InChI=1S/C53H33N3S/c1-4-13-35(14-5-1)46-33-47(56-53(55-46)38-17-8-3-9-18-38)36-25-23-34(24-26-36)39-19-12-20-40(31-39)41-27-29-48-44(32-41)51-49(57-48)30-28-43-50(51)42-21-10-11-22-45(42)54-52(43)37-15-6-2-7-16-37/h1-33H. The maximum absolute atomic E-state index is 5.20. The molecule has 3 heterocycles. The summed E-state index contributed by atoms with van der Waals surface area (Å²) in [5.74, 6) is 0.716. The van der Waals surface area contributed by atoms with Crippen LogP contribution >= 0.6 is 11.3 Å². The molecule has 3 aromatic heterocycles. The summed E-state index contributed by atoms with van der Waals surface area (Å²) in [6, 6.07) is 70.8. The first-order valence-corrected chi connectivity index (χ1v) is 20.0. The summed E-state index contributed by atoms with van der Waals surface area (Å²) in [5.41, 5.74) is 12.8. The lowest BCUT2D eigenvalue weighted by Gasteiger charge is -2.12. The van der Waals surface area contributed by atoms with E-state index in [-0.39, 0.29) is 0 Å². The molecule has 8 aromatic carbocycles. The molecular formula is C53H33N3S. The van der Waals surface area contributed by atoms with Gasteiger partial charge in [0.15, 0.2) is 5.82 Å². The molecule has 0 radical (unpaired) electrons. The van der Waals surface area contributed by atoms with Crippen LogP contribution in [0.15, 0.2) is 200 Å². The first kappa shape index (κ1) is 33.1. The minimum absolute atomic E-state index is 0.716. The number of aromatic nitrogens is 3. The Morgan fingerprint density at radius 1 is 0.298 bits per heavy atom. The van der Waals surface area contributed by atoms with Gasteiger partial charge in [0.1, 0.15) is 0 Å². The van der Waals surface area contributed by atoms with Crippen molar-refractivity contribution in [3.8, 4) is 67.4 Å². The monoisotopic (exact) mass is 743 g/mol. The number of para-hydroxylation sites is 1. The van der Waals surface area contributed by atoms with Gasteiger partial charge in [0.2, 0.25) is 0 Å². The Bertz CT molecular complexity index is 3210. The number of hydrogen-bond acceptors (Lipinski definition) is 4. The molecule has 3 nitrogen and oxygen atoms in total. The first-order chi connectivity index (χ1) is 28.2. The van der Waals surface area contributed by atoms with Crippen LogP contribution < -0.4 is 0 Å². The van der Waals surface area contributed by atoms with Crippen molar-refractivity contribution in [2.45, 2.75) is 0 Å². The Hall–Kier alpha value is -7.27. The van der Waals surface area contributed by atoms with Crippen LogP contribution in [0.5, 0.6) is 0 Å². The van der Waals surface area contributed by atoms with Crippen LogP contribution in [0.4, 0.5) is 0 Å². The fourth-order valence-electron chi connectivity index (χ4n) is 8.08. The van der Waals surface area contributed by atoms with E-state index >= 15 is 0 Å². The van der Waals surface area contributed by atoms with Crippen molar-refractivity contribution >= 4 is 53.2 Å². The van der Waals surface area contributed by atoms with Crippen molar-refractivity contribution < 1.29 is 0 Å². The molecule has 11 aromatic rings. The molecule has 0 N–H and O–H groups in total. The zero-order chi connectivity index (χ0) is 37.7. The lowest BCUT2D eigenvalue weighted by molar-refractivity contribution is 1.18. The summed E-state index contributed by atoms with van der Waals surface area (Å²) >= 11 is 1.86. The SMILES string of the molecule is c1ccc(-c2cc(-c3ccc(-c4cccc(-c5ccc6sc7ccc8c(-c9ccccc9)nc9ccccc9c8c7c6c5)c4)cc3)nc(-c3ccccc3)n2)cc1. The normalized spacial score (nSPS) is 11.5. The fourth-order valence-corrected chi connectivity index (χ4v) is 9.18. The second kappa shape index (κ2) is 13.8. The zero-order valence-corrected chi connectivity index (χ0v) is 31.6. The van der Waals surface area contributed by atoms with Gasteiger partial charge in [0, 0.05) is 58.6 Å². The summed E-state index contributed by atoms with van der Waals surface area (Å²) in [5, 5.41) is 6.20. The number of thiophene rings is 1. The average molecular weight is 744 g/mol. The summed E-state index contributed by atoms with van der Waals surface area (Å²) in [6.45, 7) is 0. The van der Waals surface area contributed by atoms with Gasteiger partial charge in [-0.3, -0.25) is 0 Å². The Morgan fingerprint density at radius 3 is 1.58 bits per heavy atom. The highest BCUT2D eigenvalue weighted by Gasteiger charge is 2.17. The van der Waals surface area contributed by atoms with Gasteiger partial charge in [0.25, 0.3) is 0 Å². The van der Waals surface area contributed by atoms with E-state index in [1.165, 1.54) is 53.0 Å². The second-order valence-electron chi connectivity index (χ2n) is 14.4. The molecule has 0 fully saturated rings. The summed E-state index contributed by atoms with van der Waals surface area (Å²) < 4.78 is 2.57. The first-order valence-electron chi connectivity index (χ1n) is 19.2. The number of pyridine rings is 1. The van der Waals surface area contributed by atoms with Gasteiger partial charge in [-0.05, 0) is 58.7 Å². The van der Waals surface area contributed by atoms with E-state index in [0.717, 1.165) is 50.4 Å².